The van der Waals surface area contributed by atoms with Crippen LogP contribution < -0.4 is 16.6 Å². The van der Waals surface area contributed by atoms with E-state index in [1.54, 1.807) is 15.5 Å². The molecule has 0 bridgehead atoms. The summed E-state index contributed by atoms with van der Waals surface area (Å²) < 4.78 is 7.57. The Morgan fingerprint density at radius 3 is 2.57 bits per heavy atom. The molecule has 2 aliphatic heterocycles. The molecule has 0 spiro atoms. The van der Waals surface area contributed by atoms with Crippen LogP contribution >= 0.6 is 11.6 Å². The van der Waals surface area contributed by atoms with E-state index in [2.05, 4.69) is 5.32 Å². The molecule has 186 valence electrons. The molecule has 0 radical (unpaired) electrons. The van der Waals surface area contributed by atoms with Crippen molar-refractivity contribution in [2.24, 2.45) is 10.7 Å². The highest BCUT2D eigenvalue weighted by Crippen LogP contribution is 2.42. The van der Waals surface area contributed by atoms with Gasteiger partial charge in [-0.25, -0.2) is 4.99 Å². The molecular formula is C26H32ClN5O3. The number of amides is 1. The SMILES string of the molecule is CC1(C)C[C@H](N2C(=O)C[C@@](C)(c3cccc(Nc4ccn(C5CC5)c(=O)c4)c3Cl)N=C2N)CCO1. The van der Waals surface area contributed by atoms with E-state index in [0.29, 0.717) is 41.0 Å². The van der Waals surface area contributed by atoms with E-state index in [1.807, 2.05) is 51.2 Å². The maximum Gasteiger partial charge on any atom is 0.252 e. The number of nitrogens with two attached hydrogens (primary N) is 1. The van der Waals surface area contributed by atoms with Crippen LogP contribution in [0.25, 0.3) is 0 Å². The molecule has 9 heteroatoms. The minimum absolute atomic E-state index is 0.0385. The summed E-state index contributed by atoms with van der Waals surface area (Å²) in [6, 6.07) is 9.31. The molecule has 0 unspecified atom stereocenters. The van der Waals surface area contributed by atoms with E-state index in [-0.39, 0.29) is 35.5 Å². The quantitative estimate of drug-likeness (QED) is 0.641. The third-order valence-corrected chi connectivity index (χ3v) is 7.56. The number of halogens is 1. The van der Waals surface area contributed by atoms with Gasteiger partial charge in [0.05, 0.1) is 28.3 Å². The summed E-state index contributed by atoms with van der Waals surface area (Å²) in [5.41, 5.74) is 7.15. The molecule has 35 heavy (non-hydrogen) atoms. The van der Waals surface area contributed by atoms with Gasteiger partial charge in [-0.15, -0.1) is 0 Å². The van der Waals surface area contributed by atoms with Crippen LogP contribution in [0.4, 0.5) is 11.4 Å². The Morgan fingerprint density at radius 1 is 1.14 bits per heavy atom. The zero-order valence-corrected chi connectivity index (χ0v) is 21.1. The molecule has 2 aromatic rings. The molecule has 2 fully saturated rings. The van der Waals surface area contributed by atoms with Crippen molar-refractivity contribution in [2.45, 2.75) is 76.1 Å². The number of rotatable bonds is 5. The van der Waals surface area contributed by atoms with Crippen LogP contribution in [0.5, 0.6) is 0 Å². The first kappa shape index (κ1) is 23.9. The fourth-order valence-corrected chi connectivity index (χ4v) is 5.62. The second-order valence-corrected chi connectivity index (χ2v) is 11.0. The van der Waals surface area contributed by atoms with Crippen molar-refractivity contribution in [3.63, 3.8) is 0 Å². The topological polar surface area (TPSA) is 102 Å². The van der Waals surface area contributed by atoms with E-state index in [4.69, 9.17) is 27.1 Å². The summed E-state index contributed by atoms with van der Waals surface area (Å²) in [6.45, 7) is 6.51. The van der Waals surface area contributed by atoms with Gasteiger partial charge in [-0.2, -0.15) is 0 Å². The summed E-state index contributed by atoms with van der Waals surface area (Å²) in [7, 11) is 0. The van der Waals surface area contributed by atoms with Crippen LogP contribution in [0.1, 0.15) is 64.5 Å². The molecule has 2 atom stereocenters. The van der Waals surface area contributed by atoms with Gasteiger partial charge in [0, 0.05) is 42.2 Å². The number of pyridine rings is 1. The number of aromatic nitrogens is 1. The second kappa shape index (κ2) is 8.68. The average molecular weight is 498 g/mol. The smallest absolute Gasteiger partial charge is 0.252 e. The van der Waals surface area contributed by atoms with Gasteiger partial charge in [0.2, 0.25) is 5.91 Å². The Kier molecular flexibility index (Phi) is 5.92. The van der Waals surface area contributed by atoms with Crippen molar-refractivity contribution in [1.82, 2.24) is 9.47 Å². The van der Waals surface area contributed by atoms with Crippen LogP contribution in [0.3, 0.4) is 0 Å². The van der Waals surface area contributed by atoms with Gasteiger partial charge in [0.15, 0.2) is 5.96 Å². The normalized spacial score (nSPS) is 26.4. The number of guanidine groups is 1. The molecule has 5 rings (SSSR count). The van der Waals surface area contributed by atoms with Crippen molar-refractivity contribution in [2.75, 3.05) is 11.9 Å². The van der Waals surface area contributed by atoms with Gasteiger partial charge in [0.25, 0.3) is 5.56 Å². The molecule has 3 aliphatic rings. The lowest BCUT2D eigenvalue weighted by atomic mass is 9.85. The number of benzene rings is 1. The summed E-state index contributed by atoms with van der Waals surface area (Å²) >= 11 is 6.83. The van der Waals surface area contributed by atoms with Crippen LogP contribution in [0.15, 0.2) is 46.3 Å². The molecule has 1 saturated heterocycles. The van der Waals surface area contributed by atoms with Gasteiger partial charge in [0.1, 0.15) is 0 Å². The number of aliphatic imine (C=N–C) groups is 1. The number of hydrogen-bond donors (Lipinski definition) is 2. The molecule has 1 aromatic heterocycles. The number of hydrogen-bond acceptors (Lipinski definition) is 6. The lowest BCUT2D eigenvalue weighted by Crippen LogP contribution is -2.57. The molecule has 8 nitrogen and oxygen atoms in total. The first-order valence-electron chi connectivity index (χ1n) is 12.2. The highest BCUT2D eigenvalue weighted by Gasteiger charge is 2.43. The third-order valence-electron chi connectivity index (χ3n) is 7.15. The molecule has 3 heterocycles. The van der Waals surface area contributed by atoms with Crippen molar-refractivity contribution in [1.29, 1.82) is 0 Å². The van der Waals surface area contributed by atoms with Crippen LogP contribution in [0.2, 0.25) is 5.02 Å². The van der Waals surface area contributed by atoms with Crippen molar-refractivity contribution < 1.29 is 9.53 Å². The largest absolute Gasteiger partial charge is 0.375 e. The fourth-order valence-electron chi connectivity index (χ4n) is 5.24. The minimum Gasteiger partial charge on any atom is -0.375 e. The standard InChI is InChI=1S/C26H32ClN5O3/c1-25(2)14-18(10-12-35-25)32-22(34)15-26(3,30-24(32)28)19-5-4-6-20(23(19)27)29-16-9-11-31(17-7-8-17)21(33)13-16/h4-6,9,11,13,17-18,29H,7-8,10,12,14-15H2,1-3H3,(H2,28,30)/t18-,26+/m1/s1. The van der Waals surface area contributed by atoms with Crippen molar-refractivity contribution in [3.05, 3.63) is 57.5 Å². The monoisotopic (exact) mass is 497 g/mol. The molecule has 3 N–H and O–H groups in total. The van der Waals surface area contributed by atoms with Crippen molar-refractivity contribution in [3.8, 4) is 0 Å². The van der Waals surface area contributed by atoms with Gasteiger partial charge < -0.3 is 20.4 Å². The lowest BCUT2D eigenvalue weighted by molar-refractivity contribution is -0.136. The van der Waals surface area contributed by atoms with E-state index in [1.165, 1.54) is 0 Å². The molecule has 1 aromatic carbocycles. The van der Waals surface area contributed by atoms with E-state index < -0.39 is 5.54 Å². The molecular weight excluding hydrogens is 466 g/mol. The number of nitrogens with zero attached hydrogens (tertiary/aromatic N) is 3. The minimum atomic E-state index is -0.900. The van der Waals surface area contributed by atoms with E-state index in [0.717, 1.165) is 19.3 Å². The Bertz CT molecular complexity index is 1250. The maximum absolute atomic E-state index is 13.3. The van der Waals surface area contributed by atoms with E-state index in [9.17, 15) is 9.59 Å². The Hall–Kier alpha value is -2.84. The first-order chi connectivity index (χ1) is 16.6. The number of anilines is 2. The zero-order chi connectivity index (χ0) is 25.0. The van der Waals surface area contributed by atoms with Gasteiger partial charge in [-0.05, 0) is 58.6 Å². The Labute approximate surface area is 210 Å². The Balaban J connectivity index is 1.41. The maximum atomic E-state index is 13.3. The predicted molar refractivity (Wildman–Crippen MR) is 137 cm³/mol. The summed E-state index contributed by atoms with van der Waals surface area (Å²) in [5.74, 6) is 0.144. The Morgan fingerprint density at radius 2 is 1.91 bits per heavy atom. The second-order valence-electron chi connectivity index (χ2n) is 10.6. The fraction of sp³-hybridized carbons (Fsp3) is 0.500. The highest BCUT2D eigenvalue weighted by molar-refractivity contribution is 6.34. The lowest BCUT2D eigenvalue weighted by Gasteiger charge is -2.44. The van der Waals surface area contributed by atoms with Gasteiger partial charge >= 0.3 is 0 Å². The van der Waals surface area contributed by atoms with E-state index >= 15 is 0 Å². The van der Waals surface area contributed by atoms with Crippen molar-refractivity contribution >= 4 is 34.8 Å². The summed E-state index contributed by atoms with van der Waals surface area (Å²) in [5, 5.41) is 3.70. The van der Waals surface area contributed by atoms with Gasteiger partial charge in [-0.3, -0.25) is 14.5 Å². The van der Waals surface area contributed by atoms with Crippen LogP contribution in [0, 0.1) is 0 Å². The number of nitrogens with one attached hydrogen (secondary N) is 1. The highest BCUT2D eigenvalue weighted by atomic mass is 35.5. The zero-order valence-electron chi connectivity index (χ0n) is 20.4. The summed E-state index contributed by atoms with van der Waals surface area (Å²) in [6.07, 6.45) is 5.49. The number of ether oxygens (including phenoxy) is 1. The van der Waals surface area contributed by atoms with Crippen LogP contribution in [-0.4, -0.2) is 39.6 Å². The predicted octanol–water partition coefficient (Wildman–Crippen LogP) is 4.30. The number of carbonyl (C=O) groups excluding carboxylic acids is 1. The number of carbonyl (C=O) groups is 1. The van der Waals surface area contributed by atoms with Crippen LogP contribution in [-0.2, 0) is 15.1 Å². The molecule has 1 amide bonds. The third kappa shape index (κ3) is 4.69. The first-order valence-corrected chi connectivity index (χ1v) is 12.5. The molecule has 1 aliphatic carbocycles. The summed E-state index contributed by atoms with van der Waals surface area (Å²) in [4.78, 5) is 32.2. The van der Waals surface area contributed by atoms with Gasteiger partial charge in [-0.1, -0.05) is 23.7 Å². The molecule has 1 saturated carbocycles. The average Bonchev–Trinajstić information content (AvgIpc) is 3.59.